The van der Waals surface area contributed by atoms with E-state index < -0.39 is 17.9 Å². The minimum absolute atomic E-state index is 0.176. The zero-order valence-electron chi connectivity index (χ0n) is 10.6. The lowest BCUT2D eigenvalue weighted by atomic mass is 10.4. The molecule has 0 unspecified atom stereocenters. The van der Waals surface area contributed by atoms with Gasteiger partial charge in [-0.15, -0.1) is 0 Å². The van der Waals surface area contributed by atoms with Crippen LogP contribution >= 0.6 is 0 Å². The summed E-state index contributed by atoms with van der Waals surface area (Å²) >= 11 is 0. The third kappa shape index (κ3) is 23.7. The number of carboxylic acids is 3. The highest BCUT2D eigenvalue weighted by Crippen LogP contribution is 1.82. The maximum absolute atomic E-state index is 10.0. The van der Waals surface area contributed by atoms with Crippen molar-refractivity contribution < 1.29 is 34.3 Å². The van der Waals surface area contributed by atoms with Crippen molar-refractivity contribution in [1.29, 1.82) is 0 Å². The summed E-state index contributed by atoms with van der Waals surface area (Å²) in [6.07, 6.45) is 1.29. The number of rotatable bonds is 6. The summed E-state index contributed by atoms with van der Waals surface area (Å²) in [4.78, 5) is 29.1. The Kier molecular flexibility index (Phi) is 9.36. The van der Waals surface area contributed by atoms with Gasteiger partial charge < -0.3 is 15.3 Å². The minimum atomic E-state index is -1.26. The van der Waals surface area contributed by atoms with Crippen LogP contribution in [0.15, 0.2) is 12.2 Å². The predicted molar refractivity (Wildman–Crippen MR) is 62.7 cm³/mol. The van der Waals surface area contributed by atoms with E-state index in [0.29, 0.717) is 23.3 Å². The lowest BCUT2D eigenvalue weighted by Gasteiger charge is -2.23. The zero-order valence-corrected chi connectivity index (χ0v) is 10.6. The van der Waals surface area contributed by atoms with E-state index in [1.807, 2.05) is 21.1 Å². The summed E-state index contributed by atoms with van der Waals surface area (Å²) in [6.45, 7) is 0.513. The van der Waals surface area contributed by atoms with E-state index in [-0.39, 0.29) is 6.42 Å². The largest absolute Gasteiger partial charge is 0.481 e. The van der Waals surface area contributed by atoms with E-state index in [0.717, 1.165) is 0 Å². The van der Waals surface area contributed by atoms with Crippen LogP contribution in [0.5, 0.6) is 0 Å². The van der Waals surface area contributed by atoms with Gasteiger partial charge in [0.2, 0.25) is 0 Å². The fourth-order valence-corrected chi connectivity index (χ4v) is 0.641. The molecular formula is C10H19N2O6+. The molecule has 104 valence electrons. The molecule has 0 spiro atoms. The van der Waals surface area contributed by atoms with Gasteiger partial charge in [0.15, 0.2) is 0 Å². The summed E-state index contributed by atoms with van der Waals surface area (Å²) in [7, 11) is 5.84. The van der Waals surface area contributed by atoms with Crippen molar-refractivity contribution >= 4 is 17.9 Å². The first-order valence-electron chi connectivity index (χ1n) is 4.97. The van der Waals surface area contributed by atoms with Crippen molar-refractivity contribution in [1.82, 2.24) is 5.43 Å². The molecule has 18 heavy (non-hydrogen) atoms. The van der Waals surface area contributed by atoms with Crippen LogP contribution in [-0.2, 0) is 14.4 Å². The molecule has 0 aliphatic heterocycles. The molecule has 0 rings (SSSR count). The van der Waals surface area contributed by atoms with Gasteiger partial charge in [-0.1, -0.05) is 0 Å². The summed E-state index contributed by atoms with van der Waals surface area (Å²) in [6, 6.07) is 0. The Hall–Kier alpha value is -1.93. The third-order valence-corrected chi connectivity index (χ3v) is 1.29. The smallest absolute Gasteiger partial charge is 0.328 e. The van der Waals surface area contributed by atoms with E-state index in [1.54, 1.807) is 0 Å². The van der Waals surface area contributed by atoms with Crippen molar-refractivity contribution in [2.24, 2.45) is 0 Å². The Morgan fingerprint density at radius 3 is 1.61 bits per heavy atom. The van der Waals surface area contributed by atoms with Crippen molar-refractivity contribution in [3.05, 3.63) is 12.2 Å². The Labute approximate surface area is 105 Å². The average Bonchev–Trinajstić information content (AvgIpc) is 2.13. The van der Waals surface area contributed by atoms with Crippen LogP contribution in [-0.4, -0.2) is 65.5 Å². The average molecular weight is 263 g/mol. The summed E-state index contributed by atoms with van der Waals surface area (Å²) in [5, 5.41) is 23.9. The molecule has 0 saturated carbocycles. The van der Waals surface area contributed by atoms with Crippen LogP contribution in [0.4, 0.5) is 0 Å². The molecule has 0 saturated heterocycles. The molecule has 0 aromatic carbocycles. The van der Waals surface area contributed by atoms with Crippen molar-refractivity contribution in [3.8, 4) is 0 Å². The number of nitrogens with zero attached hydrogens (tertiary/aromatic N) is 1. The van der Waals surface area contributed by atoms with E-state index >= 15 is 0 Å². The SMILES string of the molecule is C[N+](C)(C)NCCC(=O)O.O=C(O)/C=C/C(=O)O. The standard InChI is InChI=1S/C6H14N2O2.C4H4O4/c1-8(2,3)7-5-4-6(9)10;5-3(6)1-2-4(7)8/h7H,4-5H2,1-3H3;1-2H,(H,5,6)(H,7,8)/p+1/b;2-1+. The maximum atomic E-state index is 10.0. The monoisotopic (exact) mass is 263 g/mol. The number of aliphatic carboxylic acids is 3. The molecule has 0 aliphatic rings. The quantitative estimate of drug-likeness (QED) is 0.286. The first kappa shape index (κ1) is 18.4. The molecule has 0 fully saturated rings. The molecule has 8 heteroatoms. The lowest BCUT2D eigenvalue weighted by Crippen LogP contribution is -2.48. The van der Waals surface area contributed by atoms with Crippen LogP contribution in [0.25, 0.3) is 0 Å². The molecule has 0 amide bonds. The number of nitrogens with one attached hydrogen (secondary N) is 1. The number of carbonyl (C=O) groups is 3. The van der Waals surface area contributed by atoms with Gasteiger partial charge in [-0.3, -0.25) is 9.39 Å². The van der Waals surface area contributed by atoms with Gasteiger partial charge in [-0.05, 0) is 0 Å². The summed E-state index contributed by atoms with van der Waals surface area (Å²) in [5.41, 5.74) is 3.01. The molecule has 4 N–H and O–H groups in total. The first-order chi connectivity index (χ1) is 8.04. The Balaban J connectivity index is 0. The van der Waals surface area contributed by atoms with Gasteiger partial charge >= 0.3 is 17.9 Å². The predicted octanol–water partition coefficient (Wildman–Crippen LogP) is -0.616. The molecule has 0 bridgehead atoms. The zero-order chi connectivity index (χ0) is 14.8. The fraction of sp³-hybridized carbons (Fsp3) is 0.500. The van der Waals surface area contributed by atoms with Crippen LogP contribution < -0.4 is 5.43 Å². The molecule has 8 nitrogen and oxygen atoms in total. The second kappa shape index (κ2) is 9.14. The van der Waals surface area contributed by atoms with E-state index in [4.69, 9.17) is 15.3 Å². The number of quaternary nitrogens is 1. The topological polar surface area (TPSA) is 124 Å². The van der Waals surface area contributed by atoms with Crippen molar-refractivity contribution in [3.63, 3.8) is 0 Å². The number of carboxylic acid groups (broad SMARTS) is 3. The number of hydrogen-bond acceptors (Lipinski definition) is 4. The Morgan fingerprint density at radius 2 is 1.39 bits per heavy atom. The molecule has 0 heterocycles. The highest BCUT2D eigenvalue weighted by atomic mass is 16.4. The second-order valence-electron chi connectivity index (χ2n) is 4.07. The van der Waals surface area contributed by atoms with Crippen molar-refractivity contribution in [2.75, 3.05) is 27.7 Å². The Bertz CT molecular complexity index is 303. The minimum Gasteiger partial charge on any atom is -0.481 e. The van der Waals surface area contributed by atoms with Gasteiger partial charge in [0.25, 0.3) is 0 Å². The molecular weight excluding hydrogens is 244 g/mol. The second-order valence-corrected chi connectivity index (χ2v) is 4.07. The summed E-state index contributed by atoms with van der Waals surface area (Å²) in [5.74, 6) is -3.28. The van der Waals surface area contributed by atoms with Gasteiger partial charge in [0.1, 0.15) is 0 Å². The maximum Gasteiger partial charge on any atom is 0.328 e. The third-order valence-electron chi connectivity index (χ3n) is 1.29. The van der Waals surface area contributed by atoms with E-state index in [2.05, 4.69) is 5.43 Å². The molecule has 0 radical (unpaired) electrons. The van der Waals surface area contributed by atoms with Gasteiger partial charge in [0.05, 0.1) is 34.1 Å². The molecule has 0 atom stereocenters. The lowest BCUT2D eigenvalue weighted by molar-refractivity contribution is -0.915. The highest BCUT2D eigenvalue weighted by molar-refractivity contribution is 5.89. The molecule has 0 aromatic rings. The fourth-order valence-electron chi connectivity index (χ4n) is 0.641. The van der Waals surface area contributed by atoms with E-state index in [1.165, 1.54) is 0 Å². The van der Waals surface area contributed by atoms with Crippen LogP contribution in [0.1, 0.15) is 6.42 Å². The molecule has 0 aliphatic carbocycles. The van der Waals surface area contributed by atoms with Crippen LogP contribution in [0.3, 0.4) is 0 Å². The Morgan fingerprint density at radius 1 is 1.00 bits per heavy atom. The normalized spacial score (nSPS) is 10.6. The van der Waals surface area contributed by atoms with Gasteiger partial charge in [0, 0.05) is 12.2 Å². The highest BCUT2D eigenvalue weighted by Gasteiger charge is 2.05. The summed E-state index contributed by atoms with van der Waals surface area (Å²) < 4.78 is 0.591. The van der Waals surface area contributed by atoms with Crippen molar-refractivity contribution in [2.45, 2.75) is 6.42 Å². The van der Waals surface area contributed by atoms with E-state index in [9.17, 15) is 14.4 Å². The van der Waals surface area contributed by atoms with Gasteiger partial charge in [-0.25, -0.2) is 9.59 Å². The van der Waals surface area contributed by atoms with Gasteiger partial charge in [-0.2, -0.15) is 5.43 Å². The van der Waals surface area contributed by atoms with Crippen LogP contribution in [0.2, 0.25) is 0 Å². The van der Waals surface area contributed by atoms with Crippen LogP contribution in [0, 0.1) is 0 Å². The first-order valence-corrected chi connectivity index (χ1v) is 4.97. The number of hydrogen-bond donors (Lipinski definition) is 4. The molecule has 0 aromatic heterocycles.